The highest BCUT2D eigenvalue weighted by molar-refractivity contribution is 5.94. The minimum Gasteiger partial charge on any atom is -0.491 e. The van der Waals surface area contributed by atoms with Crippen molar-refractivity contribution in [2.45, 2.75) is 51.0 Å². The second-order valence-corrected chi connectivity index (χ2v) is 10.3. The first-order chi connectivity index (χ1) is 19.1. The summed E-state index contributed by atoms with van der Waals surface area (Å²) in [5.41, 5.74) is 1.98. The summed E-state index contributed by atoms with van der Waals surface area (Å²) in [6.07, 6.45) is 8.42. The van der Waals surface area contributed by atoms with Crippen LogP contribution in [0.2, 0.25) is 0 Å². The maximum atomic E-state index is 14.2. The van der Waals surface area contributed by atoms with Crippen molar-refractivity contribution in [2.24, 2.45) is 0 Å². The van der Waals surface area contributed by atoms with Crippen molar-refractivity contribution >= 4 is 11.8 Å². The Labute approximate surface area is 229 Å². The van der Waals surface area contributed by atoms with Crippen LogP contribution in [0.4, 0.5) is 0 Å². The molecule has 1 N–H and O–H groups in total. The van der Waals surface area contributed by atoms with Gasteiger partial charge >= 0.3 is 0 Å². The summed E-state index contributed by atoms with van der Waals surface area (Å²) in [7, 11) is 0. The van der Waals surface area contributed by atoms with Gasteiger partial charge in [0.25, 0.3) is 11.8 Å². The number of aromatic nitrogens is 3. The summed E-state index contributed by atoms with van der Waals surface area (Å²) in [5.74, 6) is 0.662. The molecule has 1 saturated heterocycles. The number of amides is 2. The SMILES string of the molecule is CCCCN1CCOc2ccccc2CCCCC2(CN(C(=O)c3cc(-c4cccnc4)n[nH]3)CCO2)C1=O. The van der Waals surface area contributed by atoms with Gasteiger partial charge in [-0.15, -0.1) is 0 Å². The third-order valence-electron chi connectivity index (χ3n) is 7.57. The molecular formula is C30H37N5O4. The zero-order valence-corrected chi connectivity index (χ0v) is 22.6. The molecular weight excluding hydrogens is 494 g/mol. The molecule has 0 saturated carbocycles. The Bertz CT molecular complexity index is 1260. The number of benzene rings is 1. The van der Waals surface area contributed by atoms with Crippen LogP contribution >= 0.6 is 0 Å². The zero-order valence-electron chi connectivity index (χ0n) is 22.6. The van der Waals surface area contributed by atoms with Crippen LogP contribution in [0.15, 0.2) is 54.9 Å². The van der Waals surface area contributed by atoms with Crippen molar-refractivity contribution in [1.29, 1.82) is 0 Å². The second-order valence-electron chi connectivity index (χ2n) is 10.3. The lowest BCUT2D eigenvalue weighted by Gasteiger charge is -2.44. The highest BCUT2D eigenvalue weighted by Gasteiger charge is 2.46. The van der Waals surface area contributed by atoms with E-state index in [1.807, 2.05) is 35.2 Å². The van der Waals surface area contributed by atoms with E-state index >= 15 is 0 Å². The minimum atomic E-state index is -1.08. The maximum absolute atomic E-state index is 14.2. The van der Waals surface area contributed by atoms with Crippen molar-refractivity contribution in [3.63, 3.8) is 0 Å². The molecule has 1 fully saturated rings. The highest BCUT2D eigenvalue weighted by Crippen LogP contribution is 2.30. The minimum absolute atomic E-state index is 0.0495. The molecule has 9 heteroatoms. The summed E-state index contributed by atoms with van der Waals surface area (Å²) in [6.45, 7) is 4.58. The molecule has 1 unspecified atom stereocenters. The van der Waals surface area contributed by atoms with Crippen LogP contribution in [-0.4, -0.2) is 81.8 Å². The Morgan fingerprint density at radius 2 is 2.03 bits per heavy atom. The van der Waals surface area contributed by atoms with Crippen LogP contribution in [-0.2, 0) is 16.0 Å². The zero-order chi connectivity index (χ0) is 27.1. The van der Waals surface area contributed by atoms with Gasteiger partial charge in [0.05, 0.1) is 25.4 Å². The van der Waals surface area contributed by atoms with Gasteiger partial charge in [0.2, 0.25) is 0 Å². The van der Waals surface area contributed by atoms with E-state index in [4.69, 9.17) is 9.47 Å². The second kappa shape index (κ2) is 12.4. The van der Waals surface area contributed by atoms with E-state index < -0.39 is 5.60 Å². The number of carbonyl (C=O) groups is 2. The Kier molecular flexibility index (Phi) is 8.56. The van der Waals surface area contributed by atoms with Crippen LogP contribution in [0.25, 0.3) is 11.3 Å². The average molecular weight is 532 g/mol. The molecule has 1 aromatic carbocycles. The van der Waals surface area contributed by atoms with Gasteiger partial charge in [0.15, 0.2) is 5.60 Å². The fraction of sp³-hybridized carbons (Fsp3) is 0.467. The fourth-order valence-corrected chi connectivity index (χ4v) is 5.40. The summed E-state index contributed by atoms with van der Waals surface area (Å²) < 4.78 is 12.5. The molecule has 0 bridgehead atoms. The number of nitrogens with one attached hydrogen (secondary N) is 1. The van der Waals surface area contributed by atoms with E-state index in [9.17, 15) is 9.59 Å². The van der Waals surface area contributed by atoms with Crippen molar-refractivity contribution < 1.29 is 19.1 Å². The third kappa shape index (κ3) is 6.14. The smallest absolute Gasteiger partial charge is 0.272 e. The number of fused-ring (bicyclic) bond motifs is 1. The number of aromatic amines is 1. The highest BCUT2D eigenvalue weighted by atomic mass is 16.5. The molecule has 2 amide bonds. The Balaban J connectivity index is 1.37. The lowest BCUT2D eigenvalue weighted by Crippen LogP contribution is -2.62. The van der Waals surface area contributed by atoms with Crippen LogP contribution in [0, 0.1) is 0 Å². The number of carbonyl (C=O) groups excluding carboxylic acids is 2. The van der Waals surface area contributed by atoms with Crippen LogP contribution in [0.5, 0.6) is 5.75 Å². The van der Waals surface area contributed by atoms with Crippen LogP contribution < -0.4 is 4.74 Å². The van der Waals surface area contributed by atoms with E-state index in [2.05, 4.69) is 28.2 Å². The van der Waals surface area contributed by atoms with Crippen molar-refractivity contribution in [2.75, 3.05) is 39.4 Å². The molecule has 206 valence electrons. The van der Waals surface area contributed by atoms with Gasteiger partial charge in [-0.05, 0) is 61.9 Å². The number of unbranched alkanes of at least 4 members (excludes halogenated alkanes) is 1. The largest absolute Gasteiger partial charge is 0.491 e. The average Bonchev–Trinajstić information content (AvgIpc) is 3.47. The molecule has 1 atom stereocenters. The number of hydrogen-bond acceptors (Lipinski definition) is 6. The number of H-pyrrole nitrogens is 1. The van der Waals surface area contributed by atoms with Crippen LogP contribution in [0.1, 0.15) is 55.1 Å². The molecule has 2 aliphatic rings. The monoisotopic (exact) mass is 531 g/mol. The lowest BCUT2D eigenvalue weighted by molar-refractivity contribution is -0.170. The van der Waals surface area contributed by atoms with E-state index in [1.54, 1.807) is 23.4 Å². The van der Waals surface area contributed by atoms with Gasteiger partial charge in [-0.25, -0.2) is 0 Å². The number of aryl methyl sites for hydroxylation is 1. The number of para-hydroxylation sites is 1. The van der Waals surface area contributed by atoms with Gasteiger partial charge in [-0.3, -0.25) is 19.7 Å². The Morgan fingerprint density at radius 3 is 2.87 bits per heavy atom. The summed E-state index contributed by atoms with van der Waals surface area (Å²) in [6, 6.07) is 13.6. The molecule has 4 heterocycles. The predicted octanol–water partition coefficient (Wildman–Crippen LogP) is 4.12. The molecule has 3 aromatic rings. The predicted molar refractivity (Wildman–Crippen MR) is 147 cm³/mol. The number of hydrogen-bond donors (Lipinski definition) is 1. The van der Waals surface area contributed by atoms with Gasteiger partial charge in [-0.2, -0.15) is 5.10 Å². The maximum Gasteiger partial charge on any atom is 0.272 e. The number of ether oxygens (including phenoxy) is 2. The molecule has 2 aliphatic heterocycles. The first kappa shape index (κ1) is 26.9. The molecule has 39 heavy (non-hydrogen) atoms. The first-order valence-electron chi connectivity index (χ1n) is 14.0. The van der Waals surface area contributed by atoms with Crippen molar-refractivity contribution in [1.82, 2.24) is 25.0 Å². The number of pyridine rings is 1. The normalized spacial score (nSPS) is 20.6. The first-order valence-corrected chi connectivity index (χ1v) is 14.0. The summed E-state index contributed by atoms with van der Waals surface area (Å²) >= 11 is 0. The molecule has 5 rings (SSSR count). The fourth-order valence-electron chi connectivity index (χ4n) is 5.40. The van der Waals surface area contributed by atoms with Crippen molar-refractivity contribution in [3.05, 3.63) is 66.1 Å². The van der Waals surface area contributed by atoms with Gasteiger partial charge in [0, 0.05) is 31.0 Å². The molecule has 0 radical (unpaired) electrons. The Hall–Kier alpha value is -3.72. The van der Waals surface area contributed by atoms with Gasteiger partial charge in [0.1, 0.15) is 18.1 Å². The summed E-state index contributed by atoms with van der Waals surface area (Å²) in [4.78, 5) is 35.5. The van der Waals surface area contributed by atoms with Gasteiger partial charge < -0.3 is 19.3 Å². The molecule has 9 nitrogen and oxygen atoms in total. The lowest BCUT2D eigenvalue weighted by atomic mass is 9.90. The number of morpholine rings is 1. The third-order valence-corrected chi connectivity index (χ3v) is 7.57. The number of rotatable bonds is 5. The van der Waals surface area contributed by atoms with E-state index in [1.165, 1.54) is 5.56 Å². The molecule has 2 aromatic heterocycles. The van der Waals surface area contributed by atoms with Crippen LogP contribution in [0.3, 0.4) is 0 Å². The Morgan fingerprint density at radius 1 is 1.13 bits per heavy atom. The molecule has 0 aliphatic carbocycles. The topological polar surface area (TPSA) is 101 Å². The van der Waals surface area contributed by atoms with E-state index in [-0.39, 0.29) is 18.4 Å². The van der Waals surface area contributed by atoms with Gasteiger partial charge in [-0.1, -0.05) is 31.5 Å². The standard InChI is InChI=1S/C30H37N5O4/c1-2-3-15-34-16-18-38-27-12-5-4-9-23(27)10-6-7-13-30(29(34)37)22-35(17-19-39-30)28(36)26-20-25(32-33-26)24-11-8-14-31-21-24/h4-5,8-9,11-12,14,20-21H,2-3,6-7,10,13,15-19,22H2,1H3,(H,32,33). The van der Waals surface area contributed by atoms with E-state index in [0.29, 0.717) is 50.7 Å². The number of nitrogens with zero attached hydrogens (tertiary/aromatic N) is 4. The molecule has 1 spiro atoms. The van der Waals surface area contributed by atoms with Crippen molar-refractivity contribution in [3.8, 4) is 17.0 Å². The summed E-state index contributed by atoms with van der Waals surface area (Å²) in [5, 5.41) is 7.21. The van der Waals surface area contributed by atoms with E-state index in [0.717, 1.165) is 43.4 Å². The quantitative estimate of drug-likeness (QED) is 0.532.